The summed E-state index contributed by atoms with van der Waals surface area (Å²) in [5.74, 6) is -3.33. The molecule has 11 nitrogen and oxygen atoms in total. The molecule has 1 amide bonds. The average molecular weight is 506 g/mol. The number of ether oxygens (including phenoxy) is 3. The molecule has 0 aliphatic carbocycles. The first kappa shape index (κ1) is 27.2. The van der Waals surface area contributed by atoms with Gasteiger partial charge in [-0.3, -0.25) is 0 Å². The zero-order valence-corrected chi connectivity index (χ0v) is 19.9. The maximum atomic E-state index is 12.5. The predicted molar refractivity (Wildman–Crippen MR) is 122 cm³/mol. The molecule has 0 saturated heterocycles. The molecule has 186 valence electrons. The Morgan fingerprint density at radius 1 is 0.886 bits per heavy atom. The number of carbonyl (C=O) groups excluding carboxylic acids is 4. The van der Waals surface area contributed by atoms with Crippen LogP contribution in [0.5, 0.6) is 0 Å². The van der Waals surface area contributed by atoms with Crippen molar-refractivity contribution in [2.75, 3.05) is 13.9 Å². The number of amides is 1. The third-order valence-electron chi connectivity index (χ3n) is 4.39. The fraction of sp³-hybridized carbons (Fsp3) is 0.261. The van der Waals surface area contributed by atoms with Gasteiger partial charge in [0.25, 0.3) is 0 Å². The second kappa shape index (κ2) is 12.4. The van der Waals surface area contributed by atoms with E-state index in [1.54, 1.807) is 36.4 Å². The van der Waals surface area contributed by atoms with E-state index in [0.29, 0.717) is 11.8 Å². The standard InChI is InChI=1S/C23H23NO10S/c1-23(2,35-22(30)33-14-32-19(27)15-10-6-4-7-11-15)17(18(25)26)24(21(29)31-3)34-20(28)16-12-8-5-9-13-16/h4-13,17H,14H2,1-3H3,(H,25,26)/t17-/m0/s1. The first-order valence-electron chi connectivity index (χ1n) is 10.0. The quantitative estimate of drug-likeness (QED) is 0.318. The number of nitrogens with zero attached hydrogens (tertiary/aromatic N) is 1. The van der Waals surface area contributed by atoms with Crippen LogP contribution in [0.1, 0.15) is 34.6 Å². The van der Waals surface area contributed by atoms with Crippen molar-refractivity contribution in [3.8, 4) is 0 Å². The maximum absolute atomic E-state index is 12.5. The summed E-state index contributed by atoms with van der Waals surface area (Å²) in [6.45, 7) is 1.91. The third-order valence-corrected chi connectivity index (χ3v) is 5.43. The molecule has 0 radical (unpaired) electrons. The van der Waals surface area contributed by atoms with Gasteiger partial charge in [0.1, 0.15) is 0 Å². The molecule has 0 fully saturated rings. The monoisotopic (exact) mass is 505 g/mol. The summed E-state index contributed by atoms with van der Waals surface area (Å²) in [4.78, 5) is 66.2. The summed E-state index contributed by atoms with van der Waals surface area (Å²) in [6.07, 6.45) is -1.28. The Bertz CT molecular complexity index is 1060. The maximum Gasteiger partial charge on any atom is 0.443 e. The van der Waals surface area contributed by atoms with Crippen molar-refractivity contribution >= 4 is 41.1 Å². The topological polar surface area (TPSA) is 146 Å². The van der Waals surface area contributed by atoms with E-state index in [9.17, 15) is 29.1 Å². The molecule has 2 rings (SSSR count). The van der Waals surface area contributed by atoms with Gasteiger partial charge in [0.2, 0.25) is 6.79 Å². The van der Waals surface area contributed by atoms with Crippen molar-refractivity contribution in [3.05, 3.63) is 71.8 Å². The Labute approximate surface area is 204 Å². The number of aliphatic carboxylic acids is 1. The van der Waals surface area contributed by atoms with Crippen LogP contribution < -0.4 is 0 Å². The molecule has 0 aliphatic heterocycles. The van der Waals surface area contributed by atoms with E-state index in [0.717, 1.165) is 7.11 Å². The molecule has 12 heteroatoms. The zero-order valence-electron chi connectivity index (χ0n) is 19.0. The molecular weight excluding hydrogens is 482 g/mol. The number of rotatable bonds is 8. The first-order valence-corrected chi connectivity index (χ1v) is 10.8. The molecule has 0 heterocycles. The SMILES string of the molecule is COC(=O)N(OC(=O)c1ccccc1)[C@@H](C(=O)O)C(C)(C)SC(=O)OCOC(=O)c1ccccc1. The lowest BCUT2D eigenvalue weighted by Crippen LogP contribution is -2.55. The predicted octanol–water partition coefficient (Wildman–Crippen LogP) is 3.74. The van der Waals surface area contributed by atoms with Crippen LogP contribution in [0, 0.1) is 0 Å². The fourth-order valence-electron chi connectivity index (χ4n) is 2.77. The molecule has 2 aromatic rings. The van der Waals surface area contributed by atoms with Gasteiger partial charge in [0, 0.05) is 0 Å². The Hall–Kier alpha value is -4.06. The molecule has 1 N–H and O–H groups in total. The number of hydrogen-bond donors (Lipinski definition) is 1. The Kier molecular flexibility index (Phi) is 9.64. The van der Waals surface area contributed by atoms with Crippen LogP contribution in [0.25, 0.3) is 0 Å². The summed E-state index contributed by atoms with van der Waals surface area (Å²) >= 11 is 0.391. The zero-order chi connectivity index (χ0) is 26.0. The second-order valence-electron chi connectivity index (χ2n) is 7.30. The van der Waals surface area contributed by atoms with E-state index in [1.165, 1.54) is 38.1 Å². The number of hydroxylamine groups is 2. The van der Waals surface area contributed by atoms with Crippen molar-refractivity contribution < 1.29 is 48.1 Å². The number of thioether (sulfide) groups is 1. The summed E-state index contributed by atoms with van der Waals surface area (Å²) in [5, 5.41) is 9.06. The van der Waals surface area contributed by atoms with E-state index in [-0.39, 0.29) is 16.2 Å². The Morgan fingerprint density at radius 3 is 1.89 bits per heavy atom. The molecule has 35 heavy (non-hydrogen) atoms. The summed E-state index contributed by atoms with van der Waals surface area (Å²) in [7, 11) is 0.972. The van der Waals surface area contributed by atoms with Gasteiger partial charge in [-0.05, 0) is 49.9 Å². The lowest BCUT2D eigenvalue weighted by atomic mass is 10.0. The minimum Gasteiger partial charge on any atom is -0.480 e. The smallest absolute Gasteiger partial charge is 0.443 e. The fourth-order valence-corrected chi connectivity index (χ4v) is 3.62. The third kappa shape index (κ3) is 7.74. The van der Waals surface area contributed by atoms with Gasteiger partial charge in [-0.1, -0.05) is 36.4 Å². The highest BCUT2D eigenvalue weighted by atomic mass is 32.2. The van der Waals surface area contributed by atoms with Crippen molar-refractivity contribution in [1.29, 1.82) is 0 Å². The van der Waals surface area contributed by atoms with Crippen molar-refractivity contribution in [1.82, 2.24) is 5.06 Å². The first-order chi connectivity index (χ1) is 16.6. The van der Waals surface area contributed by atoms with Gasteiger partial charge in [-0.15, -0.1) is 5.06 Å². The highest BCUT2D eigenvalue weighted by Crippen LogP contribution is 2.34. The number of methoxy groups -OCH3 is 1. The van der Waals surface area contributed by atoms with Crippen molar-refractivity contribution in [2.24, 2.45) is 0 Å². The van der Waals surface area contributed by atoms with Gasteiger partial charge in [0.05, 0.1) is 23.0 Å². The molecule has 0 aromatic heterocycles. The van der Waals surface area contributed by atoms with Gasteiger partial charge in [-0.2, -0.15) is 0 Å². The lowest BCUT2D eigenvalue weighted by Gasteiger charge is -2.35. The molecule has 0 unspecified atom stereocenters. The van der Waals surface area contributed by atoms with Crippen molar-refractivity contribution in [2.45, 2.75) is 24.6 Å². The van der Waals surface area contributed by atoms with Gasteiger partial charge < -0.3 is 24.2 Å². The number of carboxylic acids is 1. The number of carboxylic acid groups (broad SMARTS) is 1. The van der Waals surface area contributed by atoms with E-state index < -0.39 is 46.9 Å². The number of esters is 1. The molecule has 0 saturated carbocycles. The van der Waals surface area contributed by atoms with Crippen LogP contribution in [0.4, 0.5) is 9.59 Å². The number of hydrogen-bond acceptors (Lipinski definition) is 10. The minimum absolute atomic E-state index is 0.0515. The lowest BCUT2D eigenvalue weighted by molar-refractivity contribution is -0.164. The molecule has 0 bridgehead atoms. The minimum atomic E-state index is -1.87. The number of benzene rings is 2. The van der Waals surface area contributed by atoms with Crippen LogP contribution >= 0.6 is 11.8 Å². The molecule has 2 aromatic carbocycles. The largest absolute Gasteiger partial charge is 0.480 e. The highest BCUT2D eigenvalue weighted by Gasteiger charge is 2.47. The highest BCUT2D eigenvalue weighted by molar-refractivity contribution is 8.14. The Morgan fingerprint density at radius 2 is 1.40 bits per heavy atom. The van der Waals surface area contributed by atoms with Crippen LogP contribution in [-0.4, -0.2) is 64.2 Å². The van der Waals surface area contributed by atoms with Crippen LogP contribution in [-0.2, 0) is 23.8 Å². The normalized spacial score (nSPS) is 11.5. The average Bonchev–Trinajstić information content (AvgIpc) is 2.83. The Balaban J connectivity index is 2.09. The molecule has 0 spiro atoms. The summed E-state index contributed by atoms with van der Waals surface area (Å²) in [6, 6.07) is 13.7. The van der Waals surface area contributed by atoms with E-state index in [1.807, 2.05) is 0 Å². The van der Waals surface area contributed by atoms with E-state index in [4.69, 9.17) is 14.3 Å². The van der Waals surface area contributed by atoms with Crippen LogP contribution in [0.15, 0.2) is 60.7 Å². The van der Waals surface area contributed by atoms with Gasteiger partial charge >= 0.3 is 29.3 Å². The van der Waals surface area contributed by atoms with Crippen LogP contribution in [0.2, 0.25) is 0 Å². The summed E-state index contributed by atoms with van der Waals surface area (Å²) < 4.78 is 12.7. The van der Waals surface area contributed by atoms with Gasteiger partial charge in [-0.25, -0.2) is 24.0 Å². The van der Waals surface area contributed by atoms with Crippen LogP contribution in [0.3, 0.4) is 0 Å². The van der Waals surface area contributed by atoms with Crippen molar-refractivity contribution in [3.63, 3.8) is 0 Å². The van der Waals surface area contributed by atoms with E-state index in [2.05, 4.69) is 4.74 Å². The summed E-state index contributed by atoms with van der Waals surface area (Å²) in [5.41, 5.74) is 0.298. The van der Waals surface area contributed by atoms with E-state index >= 15 is 0 Å². The molecular formula is C23H23NO10S. The molecule has 1 atom stereocenters. The molecule has 0 aliphatic rings. The second-order valence-corrected chi connectivity index (χ2v) is 8.89. The van der Waals surface area contributed by atoms with Gasteiger partial charge in [0.15, 0.2) is 6.04 Å². The number of carbonyl (C=O) groups is 5.